The number of halogens is 1. The first-order valence-corrected chi connectivity index (χ1v) is 11.9. The molecular formula is C20H23ClN4OS2. The van der Waals surface area contributed by atoms with E-state index >= 15 is 0 Å². The third-order valence-corrected chi connectivity index (χ3v) is 7.95. The molecule has 3 aromatic rings. The van der Waals surface area contributed by atoms with Gasteiger partial charge in [-0.1, -0.05) is 11.6 Å². The number of hydrogen-bond acceptors (Lipinski definition) is 7. The van der Waals surface area contributed by atoms with E-state index in [4.69, 9.17) is 16.0 Å². The van der Waals surface area contributed by atoms with Gasteiger partial charge < -0.3 is 4.42 Å². The first-order valence-electron chi connectivity index (χ1n) is 9.86. The highest BCUT2D eigenvalue weighted by Crippen LogP contribution is 2.35. The second-order valence-corrected chi connectivity index (χ2v) is 10.5. The van der Waals surface area contributed by atoms with Crippen molar-refractivity contribution < 1.29 is 4.42 Å². The highest BCUT2D eigenvalue weighted by atomic mass is 35.5. The number of aromatic nitrogens is 2. The lowest BCUT2D eigenvalue weighted by Gasteiger charge is -2.33. The summed E-state index contributed by atoms with van der Waals surface area (Å²) < 4.78 is 6.86. The van der Waals surface area contributed by atoms with Gasteiger partial charge in [0, 0.05) is 42.5 Å². The van der Waals surface area contributed by atoms with Crippen LogP contribution in [0, 0.1) is 0 Å². The Hall–Kier alpha value is -1.25. The van der Waals surface area contributed by atoms with Gasteiger partial charge in [0.25, 0.3) is 5.89 Å². The molecule has 0 radical (unpaired) electrons. The van der Waals surface area contributed by atoms with E-state index in [0.717, 1.165) is 54.4 Å². The monoisotopic (exact) mass is 434 g/mol. The standard InChI is InChI=1S/C20H23ClN4OS2/c21-18-6-5-15(27-18)12-24-7-9-25(10-8-24)13-19-22-23-20(26-19)17-11-14-3-1-2-4-16(14)28-17/h5-6,11H,1-4,7-10,12-13H2. The van der Waals surface area contributed by atoms with Crippen LogP contribution in [0.4, 0.5) is 0 Å². The fraction of sp³-hybridized carbons (Fsp3) is 0.500. The van der Waals surface area contributed by atoms with Gasteiger partial charge in [0.2, 0.25) is 5.89 Å². The van der Waals surface area contributed by atoms with Gasteiger partial charge in [-0.25, -0.2) is 0 Å². The molecule has 1 aliphatic heterocycles. The Balaban J connectivity index is 1.16. The molecule has 5 nitrogen and oxygen atoms in total. The van der Waals surface area contributed by atoms with E-state index in [1.54, 1.807) is 11.3 Å². The van der Waals surface area contributed by atoms with Gasteiger partial charge in [0.15, 0.2) is 0 Å². The SMILES string of the molecule is Clc1ccc(CN2CCN(Cc3nnc(-c4cc5c(s4)CCCC5)o3)CC2)s1. The summed E-state index contributed by atoms with van der Waals surface area (Å²) in [6, 6.07) is 6.36. The van der Waals surface area contributed by atoms with Gasteiger partial charge in [-0.3, -0.25) is 9.80 Å². The van der Waals surface area contributed by atoms with Gasteiger partial charge in [-0.2, -0.15) is 0 Å². The van der Waals surface area contributed by atoms with Crippen molar-refractivity contribution >= 4 is 34.3 Å². The molecule has 0 aromatic carbocycles. The number of thiophene rings is 2. The van der Waals surface area contributed by atoms with Crippen LogP contribution in [0.25, 0.3) is 10.8 Å². The van der Waals surface area contributed by atoms with Gasteiger partial charge in [-0.05, 0) is 49.4 Å². The summed E-state index contributed by atoms with van der Waals surface area (Å²) in [5.74, 6) is 1.41. The fourth-order valence-electron chi connectivity index (χ4n) is 3.97. The average Bonchev–Trinajstić information content (AvgIpc) is 3.43. The molecule has 1 fully saturated rings. The zero-order chi connectivity index (χ0) is 18.9. The van der Waals surface area contributed by atoms with E-state index < -0.39 is 0 Å². The largest absolute Gasteiger partial charge is 0.419 e. The second kappa shape index (κ2) is 8.24. The van der Waals surface area contributed by atoms with Crippen molar-refractivity contribution in [2.75, 3.05) is 26.2 Å². The number of hydrogen-bond donors (Lipinski definition) is 0. The molecule has 0 N–H and O–H groups in total. The zero-order valence-corrected chi connectivity index (χ0v) is 18.1. The minimum absolute atomic E-state index is 0.683. The molecule has 148 valence electrons. The normalized spacial score (nSPS) is 18.5. The van der Waals surface area contributed by atoms with Crippen LogP contribution in [0.1, 0.15) is 34.1 Å². The minimum Gasteiger partial charge on any atom is -0.419 e. The van der Waals surface area contributed by atoms with E-state index in [2.05, 4.69) is 32.1 Å². The minimum atomic E-state index is 0.683. The zero-order valence-electron chi connectivity index (χ0n) is 15.7. The van der Waals surface area contributed by atoms with Crippen molar-refractivity contribution in [3.8, 4) is 10.8 Å². The maximum Gasteiger partial charge on any atom is 0.257 e. The molecule has 2 aliphatic rings. The van der Waals surface area contributed by atoms with Gasteiger partial charge in [-0.15, -0.1) is 32.9 Å². The Morgan fingerprint density at radius 2 is 1.75 bits per heavy atom. The van der Waals surface area contributed by atoms with Crippen molar-refractivity contribution in [2.45, 2.75) is 38.8 Å². The van der Waals surface area contributed by atoms with E-state index in [0.29, 0.717) is 5.89 Å². The van der Waals surface area contributed by atoms with Crippen LogP contribution in [0.15, 0.2) is 22.6 Å². The molecule has 8 heteroatoms. The highest BCUT2D eigenvalue weighted by molar-refractivity contribution is 7.16. The number of piperazine rings is 1. The topological polar surface area (TPSA) is 45.4 Å². The summed E-state index contributed by atoms with van der Waals surface area (Å²) in [7, 11) is 0. The predicted octanol–water partition coefficient (Wildman–Crippen LogP) is 4.71. The molecular weight excluding hydrogens is 412 g/mol. The number of aryl methyl sites for hydroxylation is 2. The Kier molecular flexibility index (Phi) is 5.52. The Morgan fingerprint density at radius 3 is 2.50 bits per heavy atom. The molecule has 5 rings (SSSR count). The van der Waals surface area contributed by atoms with Crippen LogP contribution >= 0.6 is 34.3 Å². The molecule has 0 saturated carbocycles. The first-order chi connectivity index (χ1) is 13.7. The van der Waals surface area contributed by atoms with E-state index in [1.165, 1.54) is 41.0 Å². The number of nitrogens with zero attached hydrogens (tertiary/aromatic N) is 4. The molecule has 0 spiro atoms. The summed E-state index contributed by atoms with van der Waals surface area (Å²) in [6.07, 6.45) is 4.98. The Bertz CT molecular complexity index is 918. The lowest BCUT2D eigenvalue weighted by atomic mass is 9.99. The third-order valence-electron chi connectivity index (χ3n) is 5.51. The van der Waals surface area contributed by atoms with Crippen LogP contribution in [0.5, 0.6) is 0 Å². The maximum atomic E-state index is 6.04. The lowest BCUT2D eigenvalue weighted by Crippen LogP contribution is -2.45. The summed E-state index contributed by atoms with van der Waals surface area (Å²) >= 11 is 9.54. The van der Waals surface area contributed by atoms with Crippen molar-refractivity contribution in [2.24, 2.45) is 0 Å². The summed E-state index contributed by atoms with van der Waals surface area (Å²) in [5.41, 5.74) is 1.48. The fourth-order valence-corrected chi connectivity index (χ4v) is 6.27. The van der Waals surface area contributed by atoms with Crippen molar-refractivity contribution in [3.63, 3.8) is 0 Å². The second-order valence-electron chi connectivity index (χ2n) is 7.53. The van der Waals surface area contributed by atoms with Crippen LogP contribution in [-0.4, -0.2) is 46.2 Å². The van der Waals surface area contributed by atoms with Gasteiger partial charge in [0.1, 0.15) is 0 Å². The van der Waals surface area contributed by atoms with Crippen LogP contribution in [0.3, 0.4) is 0 Å². The molecule has 0 atom stereocenters. The molecule has 4 heterocycles. The smallest absolute Gasteiger partial charge is 0.257 e. The van der Waals surface area contributed by atoms with Gasteiger partial charge >= 0.3 is 0 Å². The average molecular weight is 435 g/mol. The summed E-state index contributed by atoms with van der Waals surface area (Å²) in [4.78, 5) is 8.84. The van der Waals surface area contributed by atoms with Gasteiger partial charge in [0.05, 0.1) is 15.8 Å². The van der Waals surface area contributed by atoms with E-state index in [1.807, 2.05) is 17.4 Å². The van der Waals surface area contributed by atoms with Crippen molar-refractivity contribution in [1.82, 2.24) is 20.0 Å². The quantitative estimate of drug-likeness (QED) is 0.581. The maximum absolute atomic E-state index is 6.04. The molecule has 1 saturated heterocycles. The molecule has 1 aliphatic carbocycles. The molecule has 0 amide bonds. The van der Waals surface area contributed by atoms with Crippen LogP contribution < -0.4 is 0 Å². The van der Waals surface area contributed by atoms with E-state index in [9.17, 15) is 0 Å². The van der Waals surface area contributed by atoms with E-state index in [-0.39, 0.29) is 0 Å². The van der Waals surface area contributed by atoms with Crippen molar-refractivity contribution in [1.29, 1.82) is 0 Å². The van der Waals surface area contributed by atoms with Crippen molar-refractivity contribution in [3.05, 3.63) is 43.7 Å². The molecule has 3 aromatic heterocycles. The number of rotatable bonds is 5. The Labute approximate surface area is 177 Å². The lowest BCUT2D eigenvalue weighted by molar-refractivity contribution is 0.115. The first kappa shape index (κ1) is 18.8. The Morgan fingerprint density at radius 1 is 0.964 bits per heavy atom. The van der Waals surface area contributed by atoms with Crippen LogP contribution in [-0.2, 0) is 25.9 Å². The summed E-state index contributed by atoms with van der Waals surface area (Å²) in [5, 5.41) is 8.62. The summed E-state index contributed by atoms with van der Waals surface area (Å²) in [6.45, 7) is 5.85. The highest BCUT2D eigenvalue weighted by Gasteiger charge is 2.21. The third kappa shape index (κ3) is 4.19. The predicted molar refractivity (Wildman–Crippen MR) is 114 cm³/mol. The molecule has 0 unspecified atom stereocenters. The molecule has 0 bridgehead atoms. The number of fused-ring (bicyclic) bond motifs is 1. The molecule has 28 heavy (non-hydrogen) atoms. The van der Waals surface area contributed by atoms with Crippen LogP contribution in [0.2, 0.25) is 4.34 Å².